The van der Waals surface area contributed by atoms with Gasteiger partial charge in [0.1, 0.15) is 0 Å². The van der Waals surface area contributed by atoms with Crippen molar-refractivity contribution in [3.63, 3.8) is 0 Å². The van der Waals surface area contributed by atoms with E-state index >= 15 is 0 Å². The van der Waals surface area contributed by atoms with E-state index in [0.29, 0.717) is 5.56 Å². The molecule has 17 heavy (non-hydrogen) atoms. The van der Waals surface area contributed by atoms with Crippen molar-refractivity contribution in [2.75, 3.05) is 5.32 Å². The highest BCUT2D eigenvalue weighted by Gasteiger charge is 2.05. The number of carbonyl (C=O) groups is 1. The van der Waals surface area contributed by atoms with Gasteiger partial charge in [-0.3, -0.25) is 4.79 Å². The third-order valence-corrected chi connectivity index (χ3v) is 3.40. The van der Waals surface area contributed by atoms with E-state index in [2.05, 4.69) is 43.8 Å². The minimum Gasteiger partial charge on any atom is -0.322 e. The molecule has 0 bridgehead atoms. The molecule has 4 heteroatoms. The summed E-state index contributed by atoms with van der Waals surface area (Å²) in [6.07, 6.45) is 0. The van der Waals surface area contributed by atoms with Crippen LogP contribution in [0.25, 0.3) is 0 Å². The minimum atomic E-state index is -0.104. The van der Waals surface area contributed by atoms with Crippen LogP contribution in [0.2, 0.25) is 0 Å². The van der Waals surface area contributed by atoms with Crippen molar-refractivity contribution in [3.05, 3.63) is 62.1 Å². The molecular weight excluding hydrogens is 393 g/mol. The Labute approximate surface area is 122 Å². The van der Waals surface area contributed by atoms with Gasteiger partial charge < -0.3 is 5.32 Å². The average Bonchev–Trinajstić information content (AvgIpc) is 2.32. The fourth-order valence-corrected chi connectivity index (χ4v) is 2.13. The standard InChI is InChI=1S/C13H9BrINO/c14-10-3-1-2-9(8-10)13(17)16-12-6-4-11(15)5-7-12/h1-8H,(H,16,17). The molecule has 0 saturated heterocycles. The summed E-state index contributed by atoms with van der Waals surface area (Å²) >= 11 is 5.57. The van der Waals surface area contributed by atoms with E-state index < -0.39 is 0 Å². The number of anilines is 1. The van der Waals surface area contributed by atoms with Crippen molar-refractivity contribution >= 4 is 50.1 Å². The molecule has 1 N–H and O–H groups in total. The molecule has 0 aliphatic rings. The first kappa shape index (κ1) is 12.6. The first-order valence-electron chi connectivity index (χ1n) is 4.97. The van der Waals surface area contributed by atoms with Crippen LogP contribution in [0.3, 0.4) is 0 Å². The van der Waals surface area contributed by atoms with Crippen molar-refractivity contribution in [2.45, 2.75) is 0 Å². The first-order chi connectivity index (χ1) is 8.15. The Balaban J connectivity index is 2.14. The van der Waals surface area contributed by atoms with E-state index in [1.54, 1.807) is 12.1 Å². The van der Waals surface area contributed by atoms with Crippen LogP contribution < -0.4 is 5.32 Å². The first-order valence-corrected chi connectivity index (χ1v) is 6.85. The van der Waals surface area contributed by atoms with Crippen molar-refractivity contribution in [1.29, 1.82) is 0 Å². The molecule has 2 nitrogen and oxygen atoms in total. The number of amides is 1. The zero-order valence-corrected chi connectivity index (χ0v) is 12.5. The van der Waals surface area contributed by atoms with Gasteiger partial charge in [0, 0.05) is 19.3 Å². The Bertz CT molecular complexity index is 539. The monoisotopic (exact) mass is 401 g/mol. The number of hydrogen-bond donors (Lipinski definition) is 1. The van der Waals surface area contributed by atoms with E-state index in [1.165, 1.54) is 0 Å². The van der Waals surface area contributed by atoms with E-state index in [4.69, 9.17) is 0 Å². The van der Waals surface area contributed by atoms with Gasteiger partial charge in [0.2, 0.25) is 0 Å². The lowest BCUT2D eigenvalue weighted by molar-refractivity contribution is 0.102. The van der Waals surface area contributed by atoms with Crippen LogP contribution >= 0.6 is 38.5 Å². The van der Waals surface area contributed by atoms with Crippen molar-refractivity contribution in [2.24, 2.45) is 0 Å². The number of carbonyl (C=O) groups excluding carboxylic acids is 1. The minimum absolute atomic E-state index is 0.104. The summed E-state index contributed by atoms with van der Waals surface area (Å²) in [5, 5.41) is 2.85. The second-order valence-electron chi connectivity index (χ2n) is 3.47. The summed E-state index contributed by atoms with van der Waals surface area (Å²) in [5.74, 6) is -0.104. The van der Waals surface area contributed by atoms with Gasteiger partial charge in [0.05, 0.1) is 0 Å². The fraction of sp³-hybridized carbons (Fsp3) is 0. The number of halogens is 2. The second kappa shape index (κ2) is 5.64. The van der Waals surface area contributed by atoms with Crippen LogP contribution in [0.1, 0.15) is 10.4 Å². The smallest absolute Gasteiger partial charge is 0.255 e. The lowest BCUT2D eigenvalue weighted by Crippen LogP contribution is -2.11. The molecule has 2 aromatic rings. The molecule has 0 heterocycles. The van der Waals surface area contributed by atoms with Crippen molar-refractivity contribution in [1.82, 2.24) is 0 Å². The van der Waals surface area contributed by atoms with Gasteiger partial charge in [-0.05, 0) is 65.1 Å². The summed E-state index contributed by atoms with van der Waals surface area (Å²) in [6.45, 7) is 0. The summed E-state index contributed by atoms with van der Waals surface area (Å²) in [5.41, 5.74) is 1.44. The summed E-state index contributed by atoms with van der Waals surface area (Å²) in [6, 6.07) is 15.0. The van der Waals surface area contributed by atoms with Gasteiger partial charge in [-0.2, -0.15) is 0 Å². The molecule has 0 aliphatic carbocycles. The quantitative estimate of drug-likeness (QED) is 0.746. The van der Waals surface area contributed by atoms with Gasteiger partial charge in [0.25, 0.3) is 5.91 Å². The average molecular weight is 402 g/mol. The normalized spacial score (nSPS) is 10.0. The van der Waals surface area contributed by atoms with Crippen molar-refractivity contribution in [3.8, 4) is 0 Å². The third-order valence-electron chi connectivity index (χ3n) is 2.19. The second-order valence-corrected chi connectivity index (χ2v) is 5.63. The maximum atomic E-state index is 11.9. The predicted octanol–water partition coefficient (Wildman–Crippen LogP) is 4.31. The van der Waals surface area contributed by atoms with Gasteiger partial charge >= 0.3 is 0 Å². The van der Waals surface area contributed by atoms with Gasteiger partial charge in [-0.25, -0.2) is 0 Å². The molecule has 0 atom stereocenters. The molecule has 0 aliphatic heterocycles. The van der Waals surface area contributed by atoms with E-state index in [9.17, 15) is 4.79 Å². The molecular formula is C13H9BrINO. The van der Waals surface area contributed by atoms with E-state index in [0.717, 1.165) is 13.7 Å². The molecule has 2 aromatic carbocycles. The Kier molecular flexibility index (Phi) is 4.17. The highest BCUT2D eigenvalue weighted by atomic mass is 127. The molecule has 0 fully saturated rings. The Hall–Kier alpha value is -0.880. The van der Waals surface area contributed by atoms with E-state index in [-0.39, 0.29) is 5.91 Å². The number of nitrogens with one attached hydrogen (secondary N) is 1. The zero-order chi connectivity index (χ0) is 12.3. The zero-order valence-electron chi connectivity index (χ0n) is 8.78. The van der Waals surface area contributed by atoms with E-state index in [1.807, 2.05) is 36.4 Å². The number of benzene rings is 2. The molecule has 0 aromatic heterocycles. The molecule has 0 radical (unpaired) electrons. The SMILES string of the molecule is O=C(Nc1ccc(I)cc1)c1cccc(Br)c1. The highest BCUT2D eigenvalue weighted by Crippen LogP contribution is 2.15. The molecule has 0 unspecified atom stereocenters. The van der Waals surface area contributed by atoms with Crippen LogP contribution in [-0.4, -0.2) is 5.91 Å². The molecule has 2 rings (SSSR count). The van der Waals surface area contributed by atoms with Crippen LogP contribution in [0.15, 0.2) is 53.0 Å². The van der Waals surface area contributed by atoms with Crippen LogP contribution in [0, 0.1) is 3.57 Å². The fourth-order valence-electron chi connectivity index (χ4n) is 1.37. The Morgan fingerprint density at radius 3 is 2.47 bits per heavy atom. The maximum Gasteiger partial charge on any atom is 0.255 e. The topological polar surface area (TPSA) is 29.1 Å². The van der Waals surface area contributed by atoms with Gasteiger partial charge in [0.15, 0.2) is 0 Å². The summed E-state index contributed by atoms with van der Waals surface area (Å²) < 4.78 is 2.04. The van der Waals surface area contributed by atoms with Crippen LogP contribution in [-0.2, 0) is 0 Å². The summed E-state index contributed by atoms with van der Waals surface area (Å²) in [7, 11) is 0. The lowest BCUT2D eigenvalue weighted by atomic mass is 10.2. The largest absolute Gasteiger partial charge is 0.322 e. The molecule has 1 amide bonds. The maximum absolute atomic E-state index is 11.9. The van der Waals surface area contributed by atoms with Gasteiger partial charge in [-0.15, -0.1) is 0 Å². The number of hydrogen-bond acceptors (Lipinski definition) is 1. The Morgan fingerprint density at radius 1 is 1.12 bits per heavy atom. The van der Waals surface area contributed by atoms with Crippen LogP contribution in [0.5, 0.6) is 0 Å². The van der Waals surface area contributed by atoms with Gasteiger partial charge in [-0.1, -0.05) is 22.0 Å². The molecule has 86 valence electrons. The molecule has 0 spiro atoms. The molecule has 0 saturated carbocycles. The highest BCUT2D eigenvalue weighted by molar-refractivity contribution is 14.1. The summed E-state index contributed by atoms with van der Waals surface area (Å²) in [4.78, 5) is 11.9. The third kappa shape index (κ3) is 3.54. The Morgan fingerprint density at radius 2 is 1.82 bits per heavy atom. The van der Waals surface area contributed by atoms with Crippen molar-refractivity contribution < 1.29 is 4.79 Å². The van der Waals surface area contributed by atoms with Crippen LogP contribution in [0.4, 0.5) is 5.69 Å². The number of rotatable bonds is 2. The predicted molar refractivity (Wildman–Crippen MR) is 81.3 cm³/mol. The lowest BCUT2D eigenvalue weighted by Gasteiger charge is -2.05.